The fourth-order valence-corrected chi connectivity index (χ4v) is 4.72. The predicted molar refractivity (Wildman–Crippen MR) is 135 cm³/mol. The van der Waals surface area contributed by atoms with Gasteiger partial charge in [-0.15, -0.1) is 12.4 Å². The number of rotatable bonds is 12. The molecule has 3 aromatic rings. The summed E-state index contributed by atoms with van der Waals surface area (Å²) in [5.41, 5.74) is 1.87. The minimum Gasteiger partial charge on any atom is -0.494 e. The van der Waals surface area contributed by atoms with Gasteiger partial charge in [-0.2, -0.15) is 0 Å². The van der Waals surface area contributed by atoms with Crippen LogP contribution in [0.3, 0.4) is 0 Å². The maximum absolute atomic E-state index is 12.4. The number of halogens is 1. The number of aromatic nitrogens is 2. The Morgan fingerprint density at radius 3 is 2.61 bits per heavy atom. The van der Waals surface area contributed by atoms with Crippen LogP contribution < -0.4 is 10.3 Å². The Balaban J connectivity index is 0.00000385. The SMILES string of the molecule is CCS(=O)(=O)N(CCCCCOc1ccc2c(ccc(=O)n2C)c1)CCc1cccnc1.Cl. The molecule has 0 fully saturated rings. The second-order valence-corrected chi connectivity index (χ2v) is 10.0. The van der Waals surface area contributed by atoms with Crippen LogP contribution in [0.2, 0.25) is 0 Å². The molecule has 0 saturated carbocycles. The lowest BCUT2D eigenvalue weighted by molar-refractivity contribution is 0.301. The van der Waals surface area contributed by atoms with Crippen LogP contribution in [-0.2, 0) is 23.5 Å². The first-order chi connectivity index (χ1) is 15.4. The van der Waals surface area contributed by atoms with Gasteiger partial charge in [0.05, 0.1) is 17.9 Å². The molecule has 0 bridgehead atoms. The summed E-state index contributed by atoms with van der Waals surface area (Å²) in [6.07, 6.45) is 6.66. The zero-order chi connectivity index (χ0) is 23.0. The molecule has 2 heterocycles. The highest BCUT2D eigenvalue weighted by Crippen LogP contribution is 2.19. The molecular formula is C24H32ClN3O4S. The fraction of sp³-hybridized carbons (Fsp3) is 0.417. The van der Waals surface area contributed by atoms with Crippen molar-refractivity contribution in [2.75, 3.05) is 25.4 Å². The van der Waals surface area contributed by atoms with Gasteiger partial charge in [0, 0.05) is 44.0 Å². The molecular weight excluding hydrogens is 462 g/mol. The summed E-state index contributed by atoms with van der Waals surface area (Å²) in [6, 6.07) is 12.9. The zero-order valence-corrected chi connectivity index (χ0v) is 20.8. The van der Waals surface area contributed by atoms with Crippen molar-refractivity contribution in [2.24, 2.45) is 7.05 Å². The van der Waals surface area contributed by atoms with Crippen LogP contribution >= 0.6 is 12.4 Å². The summed E-state index contributed by atoms with van der Waals surface area (Å²) in [7, 11) is -1.48. The van der Waals surface area contributed by atoms with Gasteiger partial charge in [-0.3, -0.25) is 9.78 Å². The molecule has 0 N–H and O–H groups in total. The van der Waals surface area contributed by atoms with Gasteiger partial charge in [-0.1, -0.05) is 6.07 Å². The van der Waals surface area contributed by atoms with E-state index in [0.29, 0.717) is 26.1 Å². The normalized spacial score (nSPS) is 11.5. The molecule has 7 nitrogen and oxygen atoms in total. The van der Waals surface area contributed by atoms with Crippen molar-refractivity contribution < 1.29 is 13.2 Å². The number of ether oxygens (including phenoxy) is 1. The quantitative estimate of drug-likeness (QED) is 0.358. The minimum absolute atomic E-state index is 0. The Hall–Kier alpha value is -2.42. The van der Waals surface area contributed by atoms with Crippen LogP contribution in [0.25, 0.3) is 10.9 Å². The molecule has 0 aliphatic carbocycles. The molecule has 1 aromatic carbocycles. The molecule has 0 spiro atoms. The van der Waals surface area contributed by atoms with E-state index in [1.807, 2.05) is 30.3 Å². The molecule has 0 atom stereocenters. The van der Waals surface area contributed by atoms with Gasteiger partial charge in [0.2, 0.25) is 10.0 Å². The highest BCUT2D eigenvalue weighted by molar-refractivity contribution is 7.89. The number of pyridine rings is 2. The van der Waals surface area contributed by atoms with Crippen LogP contribution in [-0.4, -0.2) is 47.7 Å². The maximum Gasteiger partial charge on any atom is 0.250 e. The Labute approximate surface area is 201 Å². The third-order valence-corrected chi connectivity index (χ3v) is 7.43. The number of unbranched alkanes of at least 4 members (excludes halogenated alkanes) is 2. The lowest BCUT2D eigenvalue weighted by atomic mass is 10.2. The van der Waals surface area contributed by atoms with E-state index < -0.39 is 10.0 Å². The van der Waals surface area contributed by atoms with Crippen molar-refractivity contribution in [3.8, 4) is 5.75 Å². The molecule has 0 aliphatic heterocycles. The van der Waals surface area contributed by atoms with Gasteiger partial charge in [0.25, 0.3) is 5.56 Å². The molecule has 9 heteroatoms. The van der Waals surface area contributed by atoms with Crippen molar-refractivity contribution in [1.29, 1.82) is 0 Å². The lowest BCUT2D eigenvalue weighted by Crippen LogP contribution is -2.35. The highest BCUT2D eigenvalue weighted by atomic mass is 35.5. The van der Waals surface area contributed by atoms with Crippen molar-refractivity contribution in [3.63, 3.8) is 0 Å². The molecule has 3 rings (SSSR count). The Bertz CT molecular complexity index is 1180. The van der Waals surface area contributed by atoms with Crippen LogP contribution in [0.15, 0.2) is 59.7 Å². The van der Waals surface area contributed by atoms with E-state index in [2.05, 4.69) is 4.98 Å². The maximum atomic E-state index is 12.4. The van der Waals surface area contributed by atoms with E-state index in [4.69, 9.17) is 4.74 Å². The van der Waals surface area contributed by atoms with E-state index in [1.54, 1.807) is 47.4 Å². The third kappa shape index (κ3) is 7.55. The number of aryl methyl sites for hydroxylation is 1. The van der Waals surface area contributed by atoms with E-state index in [1.165, 1.54) is 0 Å². The largest absolute Gasteiger partial charge is 0.494 e. The number of nitrogens with zero attached hydrogens (tertiary/aromatic N) is 3. The molecule has 0 saturated heterocycles. The monoisotopic (exact) mass is 493 g/mol. The second kappa shape index (κ2) is 12.7. The number of sulfonamides is 1. The summed E-state index contributed by atoms with van der Waals surface area (Å²) in [4.78, 5) is 15.8. The molecule has 0 aliphatic rings. The summed E-state index contributed by atoms with van der Waals surface area (Å²) < 4.78 is 33.9. The molecule has 0 unspecified atom stereocenters. The average molecular weight is 494 g/mol. The van der Waals surface area contributed by atoms with Gasteiger partial charge in [0.1, 0.15) is 5.75 Å². The van der Waals surface area contributed by atoms with Gasteiger partial charge < -0.3 is 9.30 Å². The predicted octanol–water partition coefficient (Wildman–Crippen LogP) is 3.80. The summed E-state index contributed by atoms with van der Waals surface area (Å²) in [5, 5.41) is 0.957. The van der Waals surface area contributed by atoms with Crippen molar-refractivity contribution >= 4 is 33.3 Å². The summed E-state index contributed by atoms with van der Waals surface area (Å²) >= 11 is 0. The molecule has 0 radical (unpaired) electrons. The van der Waals surface area contributed by atoms with Gasteiger partial charge in [-0.25, -0.2) is 12.7 Å². The molecule has 180 valence electrons. The number of benzene rings is 1. The Morgan fingerprint density at radius 1 is 1.06 bits per heavy atom. The van der Waals surface area contributed by atoms with Crippen molar-refractivity contribution in [2.45, 2.75) is 32.6 Å². The van der Waals surface area contributed by atoms with E-state index in [-0.39, 0.29) is 23.7 Å². The average Bonchev–Trinajstić information content (AvgIpc) is 2.81. The number of fused-ring (bicyclic) bond motifs is 1. The first-order valence-electron chi connectivity index (χ1n) is 11.0. The molecule has 0 amide bonds. The van der Waals surface area contributed by atoms with E-state index in [0.717, 1.165) is 41.5 Å². The first kappa shape index (κ1) is 26.8. The van der Waals surface area contributed by atoms with Crippen LogP contribution in [0, 0.1) is 0 Å². The smallest absolute Gasteiger partial charge is 0.250 e. The van der Waals surface area contributed by atoms with Crippen LogP contribution in [0.4, 0.5) is 0 Å². The fourth-order valence-electron chi connectivity index (χ4n) is 3.58. The number of hydrogen-bond donors (Lipinski definition) is 0. The van der Waals surface area contributed by atoms with Crippen LogP contribution in [0.1, 0.15) is 31.7 Å². The number of hydrogen-bond acceptors (Lipinski definition) is 5. The van der Waals surface area contributed by atoms with Gasteiger partial charge >= 0.3 is 0 Å². The minimum atomic E-state index is -3.24. The van der Waals surface area contributed by atoms with E-state index >= 15 is 0 Å². The van der Waals surface area contributed by atoms with Gasteiger partial charge in [0.15, 0.2) is 0 Å². The lowest BCUT2D eigenvalue weighted by Gasteiger charge is -2.21. The van der Waals surface area contributed by atoms with Gasteiger partial charge in [-0.05, 0) is 68.5 Å². The van der Waals surface area contributed by atoms with Crippen molar-refractivity contribution in [3.05, 3.63) is 70.8 Å². The first-order valence-corrected chi connectivity index (χ1v) is 12.6. The Kier molecular flexibility index (Phi) is 10.3. The topological polar surface area (TPSA) is 81.5 Å². The molecule has 33 heavy (non-hydrogen) atoms. The highest BCUT2D eigenvalue weighted by Gasteiger charge is 2.19. The zero-order valence-electron chi connectivity index (χ0n) is 19.1. The van der Waals surface area contributed by atoms with Crippen LogP contribution in [0.5, 0.6) is 5.75 Å². The molecule has 2 aromatic heterocycles. The summed E-state index contributed by atoms with van der Waals surface area (Å²) in [5.74, 6) is 0.874. The summed E-state index contributed by atoms with van der Waals surface area (Å²) in [6.45, 7) is 3.23. The van der Waals surface area contributed by atoms with E-state index in [9.17, 15) is 13.2 Å². The third-order valence-electron chi connectivity index (χ3n) is 5.55. The Morgan fingerprint density at radius 2 is 1.88 bits per heavy atom. The standard InChI is InChI=1S/C24H31N3O4S.ClH/c1-3-32(29,30)27(16-13-20-8-7-14-25-19-20)15-5-4-6-17-31-22-10-11-23-21(18-22)9-12-24(28)26(23)2;/h7-12,14,18-19H,3-6,13,15-17H2,1-2H3;1H. The second-order valence-electron chi connectivity index (χ2n) is 7.77. The van der Waals surface area contributed by atoms with Crippen molar-refractivity contribution in [1.82, 2.24) is 13.9 Å².